The fourth-order valence-corrected chi connectivity index (χ4v) is 1.64. The molecular formula is C7H6N2O2S. The number of aromatic nitrogens is 2. The third kappa shape index (κ3) is 0.984. The normalized spacial score (nSPS) is 10.4. The van der Waals surface area contributed by atoms with Crippen LogP contribution >= 0.6 is 11.3 Å². The van der Waals surface area contributed by atoms with E-state index >= 15 is 0 Å². The summed E-state index contributed by atoms with van der Waals surface area (Å²) in [6.07, 6.45) is 0. The largest absolute Gasteiger partial charge is 0.464 e. The van der Waals surface area contributed by atoms with Gasteiger partial charge in [0.2, 0.25) is 0 Å². The molecule has 0 saturated heterocycles. The van der Waals surface area contributed by atoms with Gasteiger partial charge in [-0.05, 0) is 6.07 Å². The van der Waals surface area contributed by atoms with Gasteiger partial charge in [-0.3, -0.25) is 0 Å². The smallest absolute Gasteiger partial charge is 0.354 e. The van der Waals surface area contributed by atoms with E-state index in [0.29, 0.717) is 5.69 Å². The number of hydrogen-bond donors (Lipinski definition) is 1. The fourth-order valence-electron chi connectivity index (χ4n) is 0.966. The van der Waals surface area contributed by atoms with Crippen molar-refractivity contribution in [3.05, 3.63) is 17.3 Å². The number of aromatic amines is 1. The van der Waals surface area contributed by atoms with Gasteiger partial charge in [-0.15, -0.1) is 11.3 Å². The van der Waals surface area contributed by atoms with Gasteiger partial charge in [0, 0.05) is 0 Å². The number of methoxy groups -OCH3 is 1. The topological polar surface area (TPSA) is 55.0 Å². The van der Waals surface area contributed by atoms with E-state index in [2.05, 4.69) is 14.7 Å². The quantitative estimate of drug-likeness (QED) is 0.678. The lowest BCUT2D eigenvalue weighted by Crippen LogP contribution is -2.00. The van der Waals surface area contributed by atoms with Crippen LogP contribution in [0.3, 0.4) is 0 Å². The average molecular weight is 182 g/mol. The number of carbonyl (C=O) groups excluding carboxylic acids is 1. The van der Waals surface area contributed by atoms with Crippen molar-refractivity contribution in [3.63, 3.8) is 0 Å². The second-order valence-corrected chi connectivity index (χ2v) is 3.13. The maximum absolute atomic E-state index is 11.0. The maximum Gasteiger partial charge on any atom is 0.354 e. The molecule has 0 aliphatic heterocycles. The molecule has 0 amide bonds. The first-order valence-electron chi connectivity index (χ1n) is 3.32. The standard InChI is InChI=1S/C7H6N2O2S/c1-11-7(10)4-2-5-6(9-4)8-3-12-5/h2-3,9H,1H3. The molecule has 0 fully saturated rings. The Bertz CT molecular complexity index is 389. The predicted octanol–water partition coefficient (Wildman–Crippen LogP) is 1.41. The number of carbonyl (C=O) groups is 1. The van der Waals surface area contributed by atoms with E-state index in [0.717, 1.165) is 10.3 Å². The highest BCUT2D eigenvalue weighted by Gasteiger charge is 2.09. The van der Waals surface area contributed by atoms with Crippen LogP contribution in [0.2, 0.25) is 0 Å². The zero-order valence-electron chi connectivity index (χ0n) is 6.33. The van der Waals surface area contributed by atoms with Crippen molar-refractivity contribution in [2.24, 2.45) is 0 Å². The highest BCUT2D eigenvalue weighted by molar-refractivity contribution is 7.16. The van der Waals surface area contributed by atoms with Gasteiger partial charge in [0.25, 0.3) is 0 Å². The summed E-state index contributed by atoms with van der Waals surface area (Å²) in [4.78, 5) is 17.9. The van der Waals surface area contributed by atoms with Crippen molar-refractivity contribution in [1.82, 2.24) is 9.97 Å². The second-order valence-electron chi connectivity index (χ2n) is 2.24. The molecule has 0 radical (unpaired) electrons. The van der Waals surface area contributed by atoms with Crippen molar-refractivity contribution in [1.29, 1.82) is 0 Å². The van der Waals surface area contributed by atoms with Crippen LogP contribution in [0.15, 0.2) is 11.6 Å². The highest BCUT2D eigenvalue weighted by atomic mass is 32.1. The molecule has 1 N–H and O–H groups in total. The molecule has 5 heteroatoms. The first-order chi connectivity index (χ1) is 5.81. The minimum Gasteiger partial charge on any atom is -0.464 e. The van der Waals surface area contributed by atoms with Crippen molar-refractivity contribution in [2.45, 2.75) is 0 Å². The van der Waals surface area contributed by atoms with Gasteiger partial charge in [-0.2, -0.15) is 0 Å². The average Bonchev–Trinajstić information content (AvgIpc) is 2.60. The van der Waals surface area contributed by atoms with Gasteiger partial charge in [0.15, 0.2) is 0 Å². The van der Waals surface area contributed by atoms with E-state index < -0.39 is 0 Å². The van der Waals surface area contributed by atoms with Crippen LogP contribution in [-0.2, 0) is 4.74 Å². The Hall–Kier alpha value is -1.36. The Labute approximate surface area is 72.2 Å². The monoisotopic (exact) mass is 182 g/mol. The van der Waals surface area contributed by atoms with Gasteiger partial charge >= 0.3 is 5.97 Å². The number of rotatable bonds is 1. The Morgan fingerprint density at radius 3 is 3.25 bits per heavy atom. The maximum atomic E-state index is 11.0. The summed E-state index contributed by atoms with van der Waals surface area (Å²) in [7, 11) is 1.35. The number of hydrogen-bond acceptors (Lipinski definition) is 4. The lowest BCUT2D eigenvalue weighted by Gasteiger charge is -1.91. The van der Waals surface area contributed by atoms with Crippen LogP contribution in [0.25, 0.3) is 10.3 Å². The van der Waals surface area contributed by atoms with E-state index in [1.807, 2.05) is 0 Å². The number of ether oxygens (including phenoxy) is 1. The molecule has 62 valence electrons. The van der Waals surface area contributed by atoms with Crippen LogP contribution in [-0.4, -0.2) is 23.0 Å². The number of fused-ring (bicyclic) bond motifs is 1. The van der Waals surface area contributed by atoms with Gasteiger partial charge in [0.1, 0.15) is 11.3 Å². The molecule has 12 heavy (non-hydrogen) atoms. The molecule has 2 aromatic rings. The summed E-state index contributed by atoms with van der Waals surface area (Å²) < 4.78 is 5.51. The summed E-state index contributed by atoms with van der Waals surface area (Å²) in [6, 6.07) is 1.73. The van der Waals surface area contributed by atoms with E-state index in [-0.39, 0.29) is 5.97 Å². The molecule has 0 aliphatic carbocycles. The minimum atomic E-state index is -0.361. The first kappa shape index (κ1) is 7.30. The third-order valence-electron chi connectivity index (χ3n) is 1.53. The number of nitrogens with zero attached hydrogens (tertiary/aromatic N) is 1. The van der Waals surface area contributed by atoms with Crippen molar-refractivity contribution < 1.29 is 9.53 Å². The summed E-state index contributed by atoms with van der Waals surface area (Å²) in [6.45, 7) is 0. The number of nitrogens with one attached hydrogen (secondary N) is 1. The summed E-state index contributed by atoms with van der Waals surface area (Å²) >= 11 is 1.49. The summed E-state index contributed by atoms with van der Waals surface area (Å²) in [5.74, 6) is -0.361. The SMILES string of the molecule is COC(=O)c1cc2scnc2[nH]1. The van der Waals surface area contributed by atoms with Crippen LogP contribution in [0, 0.1) is 0 Å². The first-order valence-corrected chi connectivity index (χ1v) is 4.20. The Morgan fingerprint density at radius 1 is 1.75 bits per heavy atom. The summed E-state index contributed by atoms with van der Waals surface area (Å²) in [5.41, 5.74) is 2.91. The lowest BCUT2D eigenvalue weighted by molar-refractivity contribution is 0.0595. The Kier molecular flexibility index (Phi) is 1.58. The Balaban J connectivity index is 2.51. The number of esters is 1. The zero-order valence-corrected chi connectivity index (χ0v) is 7.14. The molecule has 0 aromatic carbocycles. The molecule has 4 nitrogen and oxygen atoms in total. The number of H-pyrrole nitrogens is 1. The Morgan fingerprint density at radius 2 is 2.58 bits per heavy atom. The predicted molar refractivity (Wildman–Crippen MR) is 45.3 cm³/mol. The van der Waals surface area contributed by atoms with E-state index in [1.165, 1.54) is 18.4 Å². The van der Waals surface area contributed by atoms with E-state index in [4.69, 9.17) is 0 Å². The molecule has 2 rings (SSSR count). The van der Waals surface area contributed by atoms with Crippen LogP contribution in [0.1, 0.15) is 10.5 Å². The van der Waals surface area contributed by atoms with E-state index in [1.54, 1.807) is 11.6 Å². The van der Waals surface area contributed by atoms with Gasteiger partial charge in [-0.1, -0.05) is 0 Å². The van der Waals surface area contributed by atoms with Crippen molar-refractivity contribution >= 4 is 27.7 Å². The molecule has 0 spiro atoms. The van der Waals surface area contributed by atoms with E-state index in [9.17, 15) is 4.79 Å². The molecule has 2 heterocycles. The molecule has 0 unspecified atom stereocenters. The van der Waals surface area contributed by atoms with Gasteiger partial charge < -0.3 is 9.72 Å². The van der Waals surface area contributed by atoms with Crippen molar-refractivity contribution in [3.8, 4) is 0 Å². The highest BCUT2D eigenvalue weighted by Crippen LogP contribution is 2.18. The molecule has 2 aromatic heterocycles. The van der Waals surface area contributed by atoms with Crippen molar-refractivity contribution in [2.75, 3.05) is 7.11 Å². The van der Waals surface area contributed by atoms with Crippen LogP contribution in [0.4, 0.5) is 0 Å². The number of thiazole rings is 1. The minimum absolute atomic E-state index is 0.361. The second kappa shape index (κ2) is 2.60. The molecule has 0 atom stereocenters. The lowest BCUT2D eigenvalue weighted by atomic mass is 10.4. The third-order valence-corrected chi connectivity index (χ3v) is 2.30. The molecule has 0 bridgehead atoms. The van der Waals surface area contributed by atoms with Crippen LogP contribution < -0.4 is 0 Å². The fraction of sp³-hybridized carbons (Fsp3) is 0.143. The summed E-state index contributed by atoms with van der Waals surface area (Å²) in [5, 5.41) is 0. The molecule has 0 aliphatic rings. The zero-order chi connectivity index (χ0) is 8.55. The van der Waals surface area contributed by atoms with Gasteiger partial charge in [0.05, 0.1) is 17.3 Å². The molecular weight excluding hydrogens is 176 g/mol. The van der Waals surface area contributed by atoms with Gasteiger partial charge in [-0.25, -0.2) is 9.78 Å². The molecule has 0 saturated carbocycles. The van der Waals surface area contributed by atoms with Crippen LogP contribution in [0.5, 0.6) is 0 Å².